The maximum Gasteiger partial charge on any atom is -0.00781 e. The van der Waals surface area contributed by atoms with Gasteiger partial charge in [-0.1, -0.05) is 56.7 Å². The molecule has 0 aromatic carbocycles. The molecule has 0 aliphatic heterocycles. The molecule has 0 radical (unpaired) electrons. The van der Waals surface area contributed by atoms with Crippen molar-refractivity contribution in [2.75, 3.05) is 0 Å². The summed E-state index contributed by atoms with van der Waals surface area (Å²) in [4.78, 5) is 0. The number of hydrogen-bond donors (Lipinski definition) is 0. The highest BCUT2D eigenvalue weighted by Gasteiger charge is 2.28. The molecule has 0 aromatic rings. The Morgan fingerprint density at radius 2 is 2.00 bits per heavy atom. The zero-order valence-electron chi connectivity index (χ0n) is 13.2. The monoisotopic (exact) mass is 258 g/mol. The van der Waals surface area contributed by atoms with Crippen LogP contribution in [-0.2, 0) is 0 Å². The van der Waals surface area contributed by atoms with Crippen molar-refractivity contribution in [2.45, 2.75) is 59.8 Å². The first-order chi connectivity index (χ1) is 8.94. The summed E-state index contributed by atoms with van der Waals surface area (Å²) in [5.41, 5.74) is 3.01. The second kappa shape index (κ2) is 7.53. The van der Waals surface area contributed by atoms with Crippen LogP contribution in [-0.4, -0.2) is 0 Å². The van der Waals surface area contributed by atoms with Gasteiger partial charge in [0.05, 0.1) is 0 Å². The van der Waals surface area contributed by atoms with Crippen molar-refractivity contribution in [2.24, 2.45) is 11.3 Å². The molecule has 0 heteroatoms. The van der Waals surface area contributed by atoms with E-state index in [0.29, 0.717) is 5.92 Å². The zero-order valence-corrected chi connectivity index (χ0v) is 13.2. The fourth-order valence-electron chi connectivity index (χ4n) is 2.51. The van der Waals surface area contributed by atoms with Crippen molar-refractivity contribution in [3.8, 4) is 0 Å². The lowest BCUT2D eigenvalue weighted by Crippen LogP contribution is -2.23. The normalized spacial score (nSPS) is 17.6. The Morgan fingerprint density at radius 1 is 1.32 bits per heavy atom. The van der Waals surface area contributed by atoms with Crippen molar-refractivity contribution in [3.05, 3.63) is 48.1 Å². The Balaban J connectivity index is 2.68. The van der Waals surface area contributed by atoms with Crippen LogP contribution < -0.4 is 0 Å². The predicted molar refractivity (Wildman–Crippen MR) is 87.2 cm³/mol. The molecule has 1 atom stereocenters. The van der Waals surface area contributed by atoms with Crippen molar-refractivity contribution in [1.29, 1.82) is 0 Å². The lowest BCUT2D eigenvalue weighted by atomic mass is 9.71. The highest BCUT2D eigenvalue weighted by molar-refractivity contribution is 5.31. The van der Waals surface area contributed by atoms with Gasteiger partial charge in [0.25, 0.3) is 0 Å². The molecule has 0 nitrogen and oxygen atoms in total. The molecule has 1 rings (SSSR count). The van der Waals surface area contributed by atoms with E-state index in [4.69, 9.17) is 0 Å². The molecule has 0 saturated heterocycles. The van der Waals surface area contributed by atoms with E-state index >= 15 is 0 Å². The summed E-state index contributed by atoms with van der Waals surface area (Å²) in [7, 11) is 0. The van der Waals surface area contributed by atoms with Gasteiger partial charge in [-0.15, -0.1) is 6.58 Å². The van der Waals surface area contributed by atoms with Crippen LogP contribution >= 0.6 is 0 Å². The standard InChI is InChI=1S/C19H30/c1-16(2)12-11-13-17(3)19(4,5)18-14-9-7-6-8-10-15-18/h7,9-10,14-15,17H,1,6,8,11-13H2,2-5H3. The third-order valence-corrected chi connectivity index (χ3v) is 4.43. The molecule has 0 amide bonds. The molecule has 1 unspecified atom stereocenters. The molecule has 0 aromatic heterocycles. The Labute approximate surface area is 120 Å². The molecule has 0 spiro atoms. The third kappa shape index (κ3) is 5.22. The van der Waals surface area contributed by atoms with E-state index in [9.17, 15) is 0 Å². The van der Waals surface area contributed by atoms with Crippen LogP contribution in [0.2, 0.25) is 0 Å². The first kappa shape index (κ1) is 16.0. The molecule has 106 valence electrons. The molecular formula is C19H30. The van der Waals surface area contributed by atoms with Crippen molar-refractivity contribution in [1.82, 2.24) is 0 Å². The fraction of sp³-hybridized carbons (Fsp3) is 0.579. The minimum atomic E-state index is 0.243. The van der Waals surface area contributed by atoms with Gasteiger partial charge in [0, 0.05) is 0 Å². The van der Waals surface area contributed by atoms with Crippen molar-refractivity contribution >= 4 is 0 Å². The lowest BCUT2D eigenvalue weighted by molar-refractivity contribution is 0.271. The summed E-state index contributed by atoms with van der Waals surface area (Å²) in [5.74, 6) is 0.690. The van der Waals surface area contributed by atoms with Crippen LogP contribution in [0.5, 0.6) is 0 Å². The van der Waals surface area contributed by atoms with E-state index in [-0.39, 0.29) is 5.41 Å². The minimum absolute atomic E-state index is 0.243. The van der Waals surface area contributed by atoms with E-state index in [1.165, 1.54) is 24.0 Å². The van der Waals surface area contributed by atoms with E-state index in [2.05, 4.69) is 64.7 Å². The maximum absolute atomic E-state index is 4.00. The van der Waals surface area contributed by atoms with Crippen LogP contribution in [0.25, 0.3) is 0 Å². The molecule has 19 heavy (non-hydrogen) atoms. The first-order valence-electron chi connectivity index (χ1n) is 7.63. The average molecular weight is 258 g/mol. The van der Waals surface area contributed by atoms with Crippen LogP contribution in [0.3, 0.4) is 0 Å². The van der Waals surface area contributed by atoms with Gasteiger partial charge in [-0.05, 0) is 55.9 Å². The Hall–Kier alpha value is -1.04. The van der Waals surface area contributed by atoms with E-state index in [0.717, 1.165) is 19.3 Å². The predicted octanol–water partition coefficient (Wildman–Crippen LogP) is 6.23. The SMILES string of the molecule is C=C(C)CCCC(C)C(C)(C)C1=CC=CCCC=C1. The van der Waals surface area contributed by atoms with E-state index in [1.54, 1.807) is 0 Å². The topological polar surface area (TPSA) is 0 Å². The molecule has 0 fully saturated rings. The molecule has 0 N–H and O–H groups in total. The van der Waals surface area contributed by atoms with Gasteiger partial charge >= 0.3 is 0 Å². The van der Waals surface area contributed by atoms with Crippen molar-refractivity contribution < 1.29 is 0 Å². The second-order valence-corrected chi connectivity index (χ2v) is 6.50. The van der Waals surface area contributed by atoms with Gasteiger partial charge in [-0.2, -0.15) is 0 Å². The quantitative estimate of drug-likeness (QED) is 0.495. The van der Waals surface area contributed by atoms with Crippen LogP contribution in [0, 0.1) is 11.3 Å². The Kier molecular flexibility index (Phi) is 6.34. The molecule has 0 heterocycles. The average Bonchev–Trinajstić information content (AvgIpc) is 2.27. The summed E-state index contributed by atoms with van der Waals surface area (Å²) >= 11 is 0. The van der Waals surface area contributed by atoms with Crippen LogP contribution in [0.1, 0.15) is 59.8 Å². The maximum atomic E-state index is 4.00. The molecular weight excluding hydrogens is 228 g/mol. The highest BCUT2D eigenvalue weighted by Crippen LogP contribution is 2.39. The van der Waals surface area contributed by atoms with Crippen LogP contribution in [0.15, 0.2) is 48.1 Å². The molecule has 0 saturated carbocycles. The summed E-state index contributed by atoms with van der Waals surface area (Å²) in [6.07, 6.45) is 17.5. The highest BCUT2D eigenvalue weighted by atomic mass is 14.3. The van der Waals surface area contributed by atoms with Gasteiger partial charge < -0.3 is 0 Å². The Morgan fingerprint density at radius 3 is 2.68 bits per heavy atom. The summed E-state index contributed by atoms with van der Waals surface area (Å²) < 4.78 is 0. The van der Waals surface area contributed by atoms with Crippen molar-refractivity contribution in [3.63, 3.8) is 0 Å². The van der Waals surface area contributed by atoms with Gasteiger partial charge in [0.15, 0.2) is 0 Å². The molecule has 1 aliphatic carbocycles. The summed E-state index contributed by atoms with van der Waals surface area (Å²) in [6.45, 7) is 13.3. The number of rotatable bonds is 6. The summed E-state index contributed by atoms with van der Waals surface area (Å²) in [6, 6.07) is 0. The zero-order chi connectivity index (χ0) is 14.3. The fourth-order valence-corrected chi connectivity index (χ4v) is 2.51. The lowest BCUT2D eigenvalue weighted by Gasteiger charge is -2.34. The van der Waals surface area contributed by atoms with Gasteiger partial charge in [0.2, 0.25) is 0 Å². The minimum Gasteiger partial charge on any atom is -0.100 e. The van der Waals surface area contributed by atoms with E-state index in [1.807, 2.05) is 0 Å². The molecule has 0 bridgehead atoms. The van der Waals surface area contributed by atoms with Crippen LogP contribution in [0.4, 0.5) is 0 Å². The third-order valence-electron chi connectivity index (χ3n) is 4.43. The second-order valence-electron chi connectivity index (χ2n) is 6.50. The van der Waals surface area contributed by atoms with Gasteiger partial charge in [-0.3, -0.25) is 0 Å². The molecule has 1 aliphatic rings. The largest absolute Gasteiger partial charge is 0.100 e. The number of hydrogen-bond acceptors (Lipinski definition) is 0. The Bertz CT molecular complexity index is 377. The van der Waals surface area contributed by atoms with Gasteiger partial charge in [-0.25, -0.2) is 0 Å². The van der Waals surface area contributed by atoms with Gasteiger partial charge in [0.1, 0.15) is 0 Å². The number of allylic oxidation sites excluding steroid dienone is 7. The van der Waals surface area contributed by atoms with E-state index < -0.39 is 0 Å². The smallest absolute Gasteiger partial charge is 0.00781 e. The summed E-state index contributed by atoms with van der Waals surface area (Å²) in [5, 5.41) is 0. The first-order valence-corrected chi connectivity index (χ1v) is 7.63.